The Labute approximate surface area is 86.8 Å². The number of nitrogens with zero attached hydrogens (tertiary/aromatic N) is 1. The molecule has 1 N–H and O–H groups in total. The third kappa shape index (κ3) is 2.10. The quantitative estimate of drug-likeness (QED) is 0.707. The summed E-state index contributed by atoms with van der Waals surface area (Å²) in [6, 6.07) is 1.24. The van der Waals surface area contributed by atoms with E-state index in [0.29, 0.717) is 12.1 Å². The second-order valence-electron chi connectivity index (χ2n) is 4.71. The van der Waals surface area contributed by atoms with E-state index in [2.05, 4.69) is 24.2 Å². The first-order valence-electron chi connectivity index (χ1n) is 5.80. The molecule has 2 saturated heterocycles. The number of nitrogens with one attached hydrogen (secondary N) is 1. The third-order valence-electron chi connectivity index (χ3n) is 3.62. The Bertz CT molecular complexity index is 186. The Morgan fingerprint density at radius 2 is 2.21 bits per heavy atom. The fourth-order valence-corrected chi connectivity index (χ4v) is 2.69. The molecule has 3 unspecified atom stereocenters. The van der Waals surface area contributed by atoms with Crippen LogP contribution in [0.5, 0.6) is 0 Å². The summed E-state index contributed by atoms with van der Waals surface area (Å²) in [7, 11) is 2.07. The Hall–Kier alpha value is -0.120. The van der Waals surface area contributed by atoms with Gasteiger partial charge < -0.3 is 10.1 Å². The molecule has 0 spiro atoms. The van der Waals surface area contributed by atoms with Gasteiger partial charge in [0.05, 0.1) is 6.61 Å². The van der Waals surface area contributed by atoms with Crippen molar-refractivity contribution in [3.63, 3.8) is 0 Å². The lowest BCUT2D eigenvalue weighted by atomic mass is 10.0. The molecule has 2 rings (SSSR count). The topological polar surface area (TPSA) is 24.5 Å². The van der Waals surface area contributed by atoms with Gasteiger partial charge in [-0.15, -0.1) is 0 Å². The average molecular weight is 198 g/mol. The highest BCUT2D eigenvalue weighted by atomic mass is 16.5. The zero-order valence-electron chi connectivity index (χ0n) is 9.33. The van der Waals surface area contributed by atoms with Crippen LogP contribution in [0.25, 0.3) is 0 Å². The molecule has 0 aromatic heterocycles. The van der Waals surface area contributed by atoms with Crippen molar-refractivity contribution in [1.29, 1.82) is 0 Å². The van der Waals surface area contributed by atoms with Gasteiger partial charge in [0.2, 0.25) is 0 Å². The summed E-state index contributed by atoms with van der Waals surface area (Å²) in [5.41, 5.74) is 0. The SMILES string of the molecule is CNC1CCOCC1N1CCC(C)C1. The molecule has 0 bridgehead atoms. The Balaban J connectivity index is 1.93. The summed E-state index contributed by atoms with van der Waals surface area (Å²) in [4.78, 5) is 2.60. The van der Waals surface area contributed by atoms with Gasteiger partial charge in [-0.25, -0.2) is 0 Å². The van der Waals surface area contributed by atoms with Crippen molar-refractivity contribution >= 4 is 0 Å². The van der Waals surface area contributed by atoms with Crippen LogP contribution in [0.1, 0.15) is 19.8 Å². The molecule has 3 nitrogen and oxygen atoms in total. The molecule has 3 heteroatoms. The number of ether oxygens (including phenoxy) is 1. The van der Waals surface area contributed by atoms with Gasteiger partial charge >= 0.3 is 0 Å². The molecule has 82 valence electrons. The summed E-state index contributed by atoms with van der Waals surface area (Å²) in [6.07, 6.45) is 2.51. The summed E-state index contributed by atoms with van der Waals surface area (Å²) < 4.78 is 5.58. The minimum atomic E-state index is 0.610. The first-order chi connectivity index (χ1) is 6.81. The molecular weight excluding hydrogens is 176 g/mol. The number of likely N-dealkylation sites (N-methyl/N-ethyl adjacent to an activating group) is 1. The van der Waals surface area contributed by atoms with Gasteiger partial charge in [-0.3, -0.25) is 4.90 Å². The molecule has 3 atom stereocenters. The number of hydrogen-bond donors (Lipinski definition) is 1. The van der Waals surface area contributed by atoms with Crippen molar-refractivity contribution in [3.8, 4) is 0 Å². The van der Waals surface area contributed by atoms with E-state index in [9.17, 15) is 0 Å². The van der Waals surface area contributed by atoms with Crippen LogP contribution in [0.3, 0.4) is 0 Å². The molecule has 14 heavy (non-hydrogen) atoms. The second-order valence-corrected chi connectivity index (χ2v) is 4.71. The molecule has 2 aliphatic rings. The fourth-order valence-electron chi connectivity index (χ4n) is 2.69. The van der Waals surface area contributed by atoms with Gasteiger partial charge in [0.1, 0.15) is 0 Å². The normalized spacial score (nSPS) is 40.3. The summed E-state index contributed by atoms with van der Waals surface area (Å²) in [5.74, 6) is 0.870. The number of hydrogen-bond acceptors (Lipinski definition) is 3. The summed E-state index contributed by atoms with van der Waals surface area (Å²) in [6.45, 7) is 6.70. The molecule has 0 saturated carbocycles. The van der Waals surface area contributed by atoms with E-state index in [-0.39, 0.29) is 0 Å². The summed E-state index contributed by atoms with van der Waals surface area (Å²) in [5, 5.41) is 3.42. The monoisotopic (exact) mass is 198 g/mol. The van der Waals surface area contributed by atoms with Crippen LogP contribution < -0.4 is 5.32 Å². The van der Waals surface area contributed by atoms with Crippen molar-refractivity contribution in [1.82, 2.24) is 10.2 Å². The fraction of sp³-hybridized carbons (Fsp3) is 1.00. The molecular formula is C11H22N2O. The van der Waals surface area contributed by atoms with Crippen LogP contribution in [0, 0.1) is 5.92 Å². The molecule has 2 aliphatic heterocycles. The molecule has 0 aromatic carbocycles. The predicted molar refractivity (Wildman–Crippen MR) is 57.4 cm³/mol. The molecule has 2 heterocycles. The van der Waals surface area contributed by atoms with E-state index in [1.165, 1.54) is 19.5 Å². The lowest BCUT2D eigenvalue weighted by molar-refractivity contribution is 0.00596. The van der Waals surface area contributed by atoms with Crippen molar-refractivity contribution < 1.29 is 4.74 Å². The molecule has 0 aliphatic carbocycles. The van der Waals surface area contributed by atoms with Crippen molar-refractivity contribution in [2.24, 2.45) is 5.92 Å². The first kappa shape index (κ1) is 10.4. The molecule has 0 aromatic rings. The van der Waals surface area contributed by atoms with Crippen LogP contribution in [0.2, 0.25) is 0 Å². The third-order valence-corrected chi connectivity index (χ3v) is 3.62. The lowest BCUT2D eigenvalue weighted by Crippen LogP contribution is -2.53. The van der Waals surface area contributed by atoms with Crippen LogP contribution >= 0.6 is 0 Å². The molecule has 0 radical (unpaired) electrons. The van der Waals surface area contributed by atoms with E-state index in [0.717, 1.165) is 25.6 Å². The minimum absolute atomic E-state index is 0.610. The predicted octanol–water partition coefficient (Wildman–Crippen LogP) is 0.705. The van der Waals surface area contributed by atoms with Gasteiger partial charge in [-0.1, -0.05) is 6.92 Å². The van der Waals surface area contributed by atoms with Gasteiger partial charge in [0.15, 0.2) is 0 Å². The van der Waals surface area contributed by atoms with Gasteiger partial charge in [-0.05, 0) is 32.4 Å². The van der Waals surface area contributed by atoms with Crippen LogP contribution in [-0.4, -0.2) is 50.3 Å². The van der Waals surface area contributed by atoms with E-state index in [1.54, 1.807) is 0 Å². The summed E-state index contributed by atoms with van der Waals surface area (Å²) >= 11 is 0. The van der Waals surface area contributed by atoms with Crippen molar-refractivity contribution in [3.05, 3.63) is 0 Å². The standard InChI is InChI=1S/C11H22N2O/c1-9-3-5-13(7-9)11-8-14-6-4-10(11)12-2/h9-12H,3-8H2,1-2H3. The van der Waals surface area contributed by atoms with Gasteiger partial charge in [-0.2, -0.15) is 0 Å². The molecule has 0 amide bonds. The highest BCUT2D eigenvalue weighted by molar-refractivity contribution is 4.89. The van der Waals surface area contributed by atoms with E-state index >= 15 is 0 Å². The zero-order chi connectivity index (χ0) is 9.97. The Kier molecular flexibility index (Phi) is 3.42. The Morgan fingerprint density at radius 1 is 1.36 bits per heavy atom. The number of rotatable bonds is 2. The lowest BCUT2D eigenvalue weighted by Gasteiger charge is -2.37. The maximum atomic E-state index is 5.58. The maximum absolute atomic E-state index is 5.58. The van der Waals surface area contributed by atoms with Crippen LogP contribution in [0.4, 0.5) is 0 Å². The van der Waals surface area contributed by atoms with Crippen LogP contribution in [0.15, 0.2) is 0 Å². The largest absolute Gasteiger partial charge is 0.380 e. The van der Waals surface area contributed by atoms with E-state index < -0.39 is 0 Å². The smallest absolute Gasteiger partial charge is 0.0637 e. The molecule has 2 fully saturated rings. The van der Waals surface area contributed by atoms with E-state index in [1.807, 2.05) is 0 Å². The highest BCUT2D eigenvalue weighted by Crippen LogP contribution is 2.22. The van der Waals surface area contributed by atoms with Crippen molar-refractivity contribution in [2.75, 3.05) is 33.4 Å². The van der Waals surface area contributed by atoms with Gasteiger partial charge in [0.25, 0.3) is 0 Å². The van der Waals surface area contributed by atoms with E-state index in [4.69, 9.17) is 4.74 Å². The Morgan fingerprint density at radius 3 is 2.86 bits per heavy atom. The second kappa shape index (κ2) is 4.60. The average Bonchev–Trinajstić information content (AvgIpc) is 2.65. The van der Waals surface area contributed by atoms with Crippen LogP contribution in [-0.2, 0) is 4.74 Å². The van der Waals surface area contributed by atoms with Gasteiger partial charge in [0, 0.05) is 25.2 Å². The highest BCUT2D eigenvalue weighted by Gasteiger charge is 2.33. The first-order valence-corrected chi connectivity index (χ1v) is 5.80. The minimum Gasteiger partial charge on any atom is -0.380 e. The maximum Gasteiger partial charge on any atom is 0.0637 e. The number of likely N-dealkylation sites (tertiary alicyclic amines) is 1. The zero-order valence-corrected chi connectivity index (χ0v) is 9.33. The van der Waals surface area contributed by atoms with Crippen molar-refractivity contribution in [2.45, 2.75) is 31.8 Å².